The number of anilines is 1. The van der Waals surface area contributed by atoms with E-state index in [9.17, 15) is 19.7 Å². The van der Waals surface area contributed by atoms with Gasteiger partial charge in [-0.05, 0) is 24.5 Å². The molecule has 8 heteroatoms. The van der Waals surface area contributed by atoms with Crippen LogP contribution in [0, 0.1) is 10.1 Å². The Balaban J connectivity index is 1.99. The Morgan fingerprint density at radius 3 is 2.54 bits per heavy atom. The zero-order chi connectivity index (χ0) is 17.5. The van der Waals surface area contributed by atoms with E-state index in [4.69, 9.17) is 4.74 Å². The van der Waals surface area contributed by atoms with E-state index in [1.165, 1.54) is 36.0 Å². The van der Waals surface area contributed by atoms with Gasteiger partial charge in [0.15, 0.2) is 6.61 Å². The fourth-order valence-electron chi connectivity index (χ4n) is 1.95. The van der Waals surface area contributed by atoms with Crippen LogP contribution in [0.25, 0.3) is 0 Å². The third-order valence-electron chi connectivity index (χ3n) is 3.04. The molecule has 0 bridgehead atoms. The molecule has 0 saturated carbocycles. The number of benzene rings is 2. The van der Waals surface area contributed by atoms with Gasteiger partial charge in [-0.1, -0.05) is 24.3 Å². The number of para-hydroxylation sites is 2. The molecule has 24 heavy (non-hydrogen) atoms. The Morgan fingerprint density at radius 1 is 1.17 bits per heavy atom. The summed E-state index contributed by atoms with van der Waals surface area (Å²) in [6, 6.07) is 12.6. The maximum absolute atomic E-state index is 11.9. The van der Waals surface area contributed by atoms with Crippen LogP contribution in [0.5, 0.6) is 0 Å². The van der Waals surface area contributed by atoms with Crippen LogP contribution in [0.3, 0.4) is 0 Å². The predicted molar refractivity (Wildman–Crippen MR) is 90.2 cm³/mol. The third-order valence-corrected chi connectivity index (χ3v) is 3.83. The van der Waals surface area contributed by atoms with Gasteiger partial charge in [0.1, 0.15) is 5.56 Å². The summed E-state index contributed by atoms with van der Waals surface area (Å²) in [5.74, 6) is -1.45. The van der Waals surface area contributed by atoms with Crippen LogP contribution in [0.4, 0.5) is 11.4 Å². The molecule has 0 aromatic heterocycles. The van der Waals surface area contributed by atoms with E-state index < -0.39 is 23.4 Å². The number of hydrogen-bond donors (Lipinski definition) is 1. The summed E-state index contributed by atoms with van der Waals surface area (Å²) in [5.41, 5.74) is 0.0483. The highest BCUT2D eigenvalue weighted by Crippen LogP contribution is 2.24. The molecule has 0 radical (unpaired) electrons. The van der Waals surface area contributed by atoms with Crippen LogP contribution in [0.2, 0.25) is 0 Å². The lowest BCUT2D eigenvalue weighted by atomic mass is 10.2. The Kier molecular flexibility index (Phi) is 5.91. The van der Waals surface area contributed by atoms with E-state index in [2.05, 4.69) is 5.32 Å². The summed E-state index contributed by atoms with van der Waals surface area (Å²) in [6.07, 6.45) is 1.87. The van der Waals surface area contributed by atoms with Gasteiger partial charge in [-0.2, -0.15) is 0 Å². The fourth-order valence-corrected chi connectivity index (χ4v) is 2.50. The predicted octanol–water partition coefficient (Wildman–Crippen LogP) is 3.11. The average molecular weight is 346 g/mol. The number of rotatable bonds is 6. The molecule has 124 valence electrons. The summed E-state index contributed by atoms with van der Waals surface area (Å²) in [7, 11) is 0. The zero-order valence-electron chi connectivity index (χ0n) is 12.7. The topological polar surface area (TPSA) is 98.5 Å². The number of carbonyl (C=O) groups excluding carboxylic acids is 2. The number of nitro benzene ring substituents is 1. The second-order valence-corrected chi connectivity index (χ2v) is 5.45. The van der Waals surface area contributed by atoms with Crippen molar-refractivity contribution in [1.29, 1.82) is 0 Å². The van der Waals surface area contributed by atoms with Gasteiger partial charge in [0.2, 0.25) is 0 Å². The van der Waals surface area contributed by atoms with E-state index in [-0.39, 0.29) is 11.3 Å². The maximum atomic E-state index is 11.9. The Hall–Kier alpha value is -2.87. The van der Waals surface area contributed by atoms with E-state index in [0.717, 1.165) is 4.90 Å². The number of ether oxygens (including phenoxy) is 1. The maximum Gasteiger partial charge on any atom is 0.345 e. The first-order valence-electron chi connectivity index (χ1n) is 6.86. The number of nitrogens with zero attached hydrogens (tertiary/aromatic N) is 1. The average Bonchev–Trinajstić information content (AvgIpc) is 2.60. The molecular weight excluding hydrogens is 332 g/mol. The van der Waals surface area contributed by atoms with Crippen molar-refractivity contribution in [3.63, 3.8) is 0 Å². The van der Waals surface area contributed by atoms with Crippen molar-refractivity contribution in [1.82, 2.24) is 0 Å². The summed E-state index contributed by atoms with van der Waals surface area (Å²) >= 11 is 1.47. The molecule has 0 aliphatic heterocycles. The fraction of sp³-hybridized carbons (Fsp3) is 0.125. The SMILES string of the molecule is CSc1ccccc1NC(=O)COC(=O)c1ccccc1[N+](=O)[O-]. The number of esters is 1. The van der Waals surface area contributed by atoms with Gasteiger partial charge in [0.25, 0.3) is 11.6 Å². The van der Waals surface area contributed by atoms with Crippen LogP contribution < -0.4 is 5.32 Å². The molecule has 1 N–H and O–H groups in total. The summed E-state index contributed by atoms with van der Waals surface area (Å²) in [5, 5.41) is 13.5. The summed E-state index contributed by atoms with van der Waals surface area (Å²) < 4.78 is 4.86. The molecule has 1 amide bonds. The minimum Gasteiger partial charge on any atom is -0.452 e. The standard InChI is InChI=1S/C16H14N2O5S/c1-24-14-9-5-3-7-12(14)17-15(19)10-23-16(20)11-6-2-4-8-13(11)18(21)22/h2-9H,10H2,1H3,(H,17,19). The van der Waals surface area contributed by atoms with Crippen LogP contribution in [0.15, 0.2) is 53.4 Å². The van der Waals surface area contributed by atoms with Crippen LogP contribution in [0.1, 0.15) is 10.4 Å². The molecule has 2 aromatic rings. The minimum absolute atomic E-state index is 0.195. The van der Waals surface area contributed by atoms with Crippen molar-refractivity contribution < 1.29 is 19.2 Å². The summed E-state index contributed by atoms with van der Waals surface area (Å²) in [4.78, 5) is 34.9. The lowest BCUT2D eigenvalue weighted by Gasteiger charge is -2.09. The van der Waals surface area contributed by atoms with Crippen LogP contribution in [-0.4, -0.2) is 29.7 Å². The Labute approximate surface area is 142 Å². The minimum atomic E-state index is -0.921. The molecule has 0 fully saturated rings. The highest BCUT2D eigenvalue weighted by Gasteiger charge is 2.21. The van der Waals surface area contributed by atoms with Crippen molar-refractivity contribution in [3.05, 3.63) is 64.2 Å². The van der Waals surface area contributed by atoms with Gasteiger partial charge in [-0.3, -0.25) is 14.9 Å². The second-order valence-electron chi connectivity index (χ2n) is 4.60. The third kappa shape index (κ3) is 4.32. The van der Waals surface area contributed by atoms with Crippen molar-refractivity contribution >= 4 is 35.0 Å². The van der Waals surface area contributed by atoms with Crippen molar-refractivity contribution in [3.8, 4) is 0 Å². The molecule has 0 aliphatic rings. The number of nitro groups is 1. The quantitative estimate of drug-likeness (QED) is 0.373. The molecule has 0 heterocycles. The Bertz CT molecular complexity index is 779. The zero-order valence-corrected chi connectivity index (χ0v) is 13.5. The van der Waals surface area contributed by atoms with Crippen LogP contribution >= 0.6 is 11.8 Å². The van der Waals surface area contributed by atoms with Gasteiger partial charge < -0.3 is 10.1 Å². The smallest absolute Gasteiger partial charge is 0.345 e. The van der Waals surface area contributed by atoms with Gasteiger partial charge in [-0.25, -0.2) is 4.79 Å². The molecule has 0 unspecified atom stereocenters. The van der Waals surface area contributed by atoms with E-state index >= 15 is 0 Å². The molecule has 0 spiro atoms. The molecule has 7 nitrogen and oxygen atoms in total. The van der Waals surface area contributed by atoms with Crippen molar-refractivity contribution in [2.24, 2.45) is 0 Å². The number of nitrogens with one attached hydrogen (secondary N) is 1. The largest absolute Gasteiger partial charge is 0.452 e. The second kappa shape index (κ2) is 8.11. The van der Waals surface area contributed by atoms with E-state index in [1.807, 2.05) is 18.4 Å². The molecule has 0 aliphatic carbocycles. The molecule has 2 aromatic carbocycles. The number of carbonyl (C=O) groups is 2. The van der Waals surface area contributed by atoms with Gasteiger partial charge >= 0.3 is 5.97 Å². The Morgan fingerprint density at radius 2 is 1.83 bits per heavy atom. The lowest BCUT2D eigenvalue weighted by molar-refractivity contribution is -0.385. The molecular formula is C16H14N2O5S. The van der Waals surface area contributed by atoms with Crippen molar-refractivity contribution in [2.75, 3.05) is 18.2 Å². The van der Waals surface area contributed by atoms with Gasteiger partial charge in [0.05, 0.1) is 10.6 Å². The van der Waals surface area contributed by atoms with Crippen molar-refractivity contribution in [2.45, 2.75) is 4.90 Å². The molecule has 0 saturated heterocycles. The first kappa shape index (κ1) is 17.5. The highest BCUT2D eigenvalue weighted by molar-refractivity contribution is 7.98. The van der Waals surface area contributed by atoms with E-state index in [1.54, 1.807) is 12.1 Å². The lowest BCUT2D eigenvalue weighted by Crippen LogP contribution is -2.21. The number of hydrogen-bond acceptors (Lipinski definition) is 6. The van der Waals surface area contributed by atoms with Crippen LogP contribution in [-0.2, 0) is 9.53 Å². The normalized spacial score (nSPS) is 10.0. The summed E-state index contributed by atoms with van der Waals surface area (Å²) in [6.45, 7) is -0.534. The first-order chi connectivity index (χ1) is 11.5. The number of amides is 1. The van der Waals surface area contributed by atoms with Gasteiger partial charge in [-0.15, -0.1) is 11.8 Å². The van der Waals surface area contributed by atoms with Gasteiger partial charge in [0, 0.05) is 11.0 Å². The monoisotopic (exact) mass is 346 g/mol. The van der Waals surface area contributed by atoms with E-state index in [0.29, 0.717) is 5.69 Å². The highest BCUT2D eigenvalue weighted by atomic mass is 32.2. The molecule has 2 rings (SSSR count). The molecule has 0 atom stereocenters. The first-order valence-corrected chi connectivity index (χ1v) is 8.09. The number of thioether (sulfide) groups is 1.